The minimum absolute atomic E-state index is 0. The molecule has 0 unspecified atom stereocenters. The second-order valence-corrected chi connectivity index (χ2v) is 4.04. The van der Waals surface area contributed by atoms with Gasteiger partial charge in [-0.3, -0.25) is 9.79 Å². The van der Waals surface area contributed by atoms with E-state index in [1.54, 1.807) is 12.1 Å². The van der Waals surface area contributed by atoms with Crippen LogP contribution in [0.3, 0.4) is 0 Å². The lowest BCUT2D eigenvalue weighted by molar-refractivity contribution is -0.115. The first kappa shape index (κ1) is 15.7. The standard InChI is InChI=1S/C12H15FN4O.HI/c1-17-6-5-14-12(17)15-8-11(18)16-10-4-2-3-9(13)7-10;/h2-4,7H,5-6,8H2,1H3,(H,14,15)(H,16,18);1H. The fourth-order valence-corrected chi connectivity index (χ4v) is 1.65. The number of nitrogens with zero attached hydrogens (tertiary/aromatic N) is 2. The SMILES string of the molecule is CN1CCN=C1NCC(=O)Nc1cccc(F)c1.I. The maximum Gasteiger partial charge on any atom is 0.243 e. The summed E-state index contributed by atoms with van der Waals surface area (Å²) in [6.45, 7) is 1.71. The van der Waals surface area contributed by atoms with E-state index in [-0.39, 0.29) is 42.2 Å². The van der Waals surface area contributed by atoms with Crippen molar-refractivity contribution in [3.63, 3.8) is 0 Å². The highest BCUT2D eigenvalue weighted by molar-refractivity contribution is 14.0. The van der Waals surface area contributed by atoms with E-state index in [9.17, 15) is 9.18 Å². The molecule has 1 aliphatic rings. The van der Waals surface area contributed by atoms with Crippen molar-refractivity contribution in [1.29, 1.82) is 0 Å². The van der Waals surface area contributed by atoms with E-state index < -0.39 is 0 Å². The monoisotopic (exact) mass is 378 g/mol. The predicted molar refractivity (Wildman–Crippen MR) is 83.4 cm³/mol. The quantitative estimate of drug-likeness (QED) is 0.780. The first-order valence-corrected chi connectivity index (χ1v) is 5.70. The number of carbonyl (C=O) groups excluding carboxylic acids is 1. The molecule has 2 N–H and O–H groups in total. The summed E-state index contributed by atoms with van der Waals surface area (Å²) >= 11 is 0. The zero-order valence-electron chi connectivity index (χ0n) is 10.5. The summed E-state index contributed by atoms with van der Waals surface area (Å²) in [6.07, 6.45) is 0. The van der Waals surface area contributed by atoms with Gasteiger partial charge >= 0.3 is 0 Å². The molecule has 0 aromatic heterocycles. The highest BCUT2D eigenvalue weighted by atomic mass is 127. The van der Waals surface area contributed by atoms with Crippen LogP contribution in [0.5, 0.6) is 0 Å². The summed E-state index contributed by atoms with van der Waals surface area (Å²) in [5, 5.41) is 5.54. The molecule has 2 rings (SSSR count). The summed E-state index contributed by atoms with van der Waals surface area (Å²) in [7, 11) is 1.91. The van der Waals surface area contributed by atoms with E-state index in [1.807, 2.05) is 11.9 Å². The molecule has 0 fully saturated rings. The van der Waals surface area contributed by atoms with Gasteiger partial charge in [-0.05, 0) is 18.2 Å². The molecule has 1 aliphatic heterocycles. The minimum Gasteiger partial charge on any atom is -0.347 e. The molecule has 0 saturated heterocycles. The smallest absolute Gasteiger partial charge is 0.243 e. The first-order chi connectivity index (χ1) is 8.65. The Morgan fingerprint density at radius 3 is 2.95 bits per heavy atom. The van der Waals surface area contributed by atoms with Crippen LogP contribution < -0.4 is 10.6 Å². The topological polar surface area (TPSA) is 56.7 Å². The molecule has 0 saturated carbocycles. The fourth-order valence-electron chi connectivity index (χ4n) is 1.65. The lowest BCUT2D eigenvalue weighted by Crippen LogP contribution is -2.39. The molecule has 0 bridgehead atoms. The highest BCUT2D eigenvalue weighted by Gasteiger charge is 2.12. The molecule has 1 amide bonds. The van der Waals surface area contributed by atoms with Crippen LogP contribution in [0.4, 0.5) is 10.1 Å². The number of hydrogen-bond donors (Lipinski definition) is 2. The van der Waals surface area contributed by atoms with E-state index in [4.69, 9.17) is 0 Å². The molecule has 19 heavy (non-hydrogen) atoms. The molecule has 0 spiro atoms. The number of rotatable bonds is 3. The number of guanidine groups is 1. The van der Waals surface area contributed by atoms with Gasteiger partial charge in [0.2, 0.25) is 5.91 Å². The third kappa shape index (κ3) is 4.66. The Kier molecular flexibility index (Phi) is 6.00. The Bertz CT molecular complexity index is 481. The zero-order valence-corrected chi connectivity index (χ0v) is 12.8. The molecule has 0 radical (unpaired) electrons. The van der Waals surface area contributed by atoms with E-state index in [1.165, 1.54) is 12.1 Å². The van der Waals surface area contributed by atoms with E-state index >= 15 is 0 Å². The Labute approximate surface area is 128 Å². The van der Waals surface area contributed by atoms with Gasteiger partial charge in [0.05, 0.1) is 13.1 Å². The third-order valence-corrected chi connectivity index (χ3v) is 2.57. The Hall–Kier alpha value is -1.38. The van der Waals surface area contributed by atoms with Crippen LogP contribution in [0.2, 0.25) is 0 Å². The van der Waals surface area contributed by atoms with Crippen LogP contribution in [0.15, 0.2) is 29.3 Å². The van der Waals surface area contributed by atoms with Gasteiger partial charge in [-0.25, -0.2) is 4.39 Å². The first-order valence-electron chi connectivity index (χ1n) is 5.70. The van der Waals surface area contributed by atoms with Gasteiger partial charge in [-0.15, -0.1) is 24.0 Å². The number of amides is 1. The molecular weight excluding hydrogens is 362 g/mol. The van der Waals surface area contributed by atoms with Gasteiger partial charge < -0.3 is 15.5 Å². The van der Waals surface area contributed by atoms with Crippen LogP contribution in [-0.2, 0) is 4.79 Å². The number of aliphatic imine (C=N–C) groups is 1. The van der Waals surface area contributed by atoms with Crippen LogP contribution in [0.1, 0.15) is 0 Å². The summed E-state index contributed by atoms with van der Waals surface area (Å²) in [5.41, 5.74) is 0.448. The minimum atomic E-state index is -0.374. The van der Waals surface area contributed by atoms with Crippen molar-refractivity contribution in [2.75, 3.05) is 32.0 Å². The van der Waals surface area contributed by atoms with Gasteiger partial charge in [-0.2, -0.15) is 0 Å². The molecule has 1 aromatic carbocycles. The number of benzene rings is 1. The van der Waals surface area contributed by atoms with Crippen molar-refractivity contribution in [2.45, 2.75) is 0 Å². The van der Waals surface area contributed by atoms with Gasteiger partial charge in [-0.1, -0.05) is 6.07 Å². The maximum absolute atomic E-state index is 12.9. The predicted octanol–water partition coefficient (Wildman–Crippen LogP) is 1.27. The molecule has 1 heterocycles. The number of carbonyl (C=O) groups is 1. The second kappa shape index (κ2) is 7.27. The normalized spacial score (nSPS) is 13.6. The summed E-state index contributed by atoms with van der Waals surface area (Å²) in [6, 6.07) is 5.79. The lowest BCUT2D eigenvalue weighted by atomic mass is 10.3. The summed E-state index contributed by atoms with van der Waals surface area (Å²) in [5.74, 6) is 0.105. The molecule has 5 nitrogen and oxygen atoms in total. The van der Waals surface area contributed by atoms with Crippen molar-refractivity contribution in [3.05, 3.63) is 30.1 Å². The second-order valence-electron chi connectivity index (χ2n) is 4.04. The molecule has 0 aliphatic carbocycles. The molecule has 0 atom stereocenters. The van der Waals surface area contributed by atoms with Crippen LogP contribution in [0, 0.1) is 5.82 Å². The lowest BCUT2D eigenvalue weighted by Gasteiger charge is -2.14. The Morgan fingerprint density at radius 1 is 1.53 bits per heavy atom. The molecular formula is C12H16FIN4O. The van der Waals surface area contributed by atoms with Gasteiger partial charge in [0.25, 0.3) is 0 Å². The van der Waals surface area contributed by atoms with Crippen molar-refractivity contribution in [1.82, 2.24) is 10.2 Å². The Balaban J connectivity index is 0.00000180. The Morgan fingerprint density at radius 2 is 2.32 bits per heavy atom. The van der Waals surface area contributed by atoms with E-state index in [2.05, 4.69) is 15.6 Å². The number of halogens is 2. The van der Waals surface area contributed by atoms with Gasteiger partial charge in [0, 0.05) is 19.3 Å². The van der Waals surface area contributed by atoms with Crippen LogP contribution in [0.25, 0.3) is 0 Å². The molecule has 104 valence electrons. The average Bonchev–Trinajstić information content (AvgIpc) is 2.72. The zero-order chi connectivity index (χ0) is 13.0. The van der Waals surface area contributed by atoms with E-state index in [0.717, 1.165) is 13.1 Å². The van der Waals surface area contributed by atoms with Gasteiger partial charge in [0.1, 0.15) is 5.82 Å². The average molecular weight is 378 g/mol. The maximum atomic E-state index is 12.9. The number of likely N-dealkylation sites (N-methyl/N-ethyl adjacent to an activating group) is 1. The fraction of sp³-hybridized carbons (Fsp3) is 0.333. The third-order valence-electron chi connectivity index (χ3n) is 2.57. The number of nitrogens with one attached hydrogen (secondary N) is 2. The summed E-state index contributed by atoms with van der Waals surface area (Å²) in [4.78, 5) is 17.8. The van der Waals surface area contributed by atoms with Crippen molar-refractivity contribution in [2.24, 2.45) is 4.99 Å². The van der Waals surface area contributed by atoms with Crippen LogP contribution in [-0.4, -0.2) is 43.4 Å². The largest absolute Gasteiger partial charge is 0.347 e. The highest BCUT2D eigenvalue weighted by Crippen LogP contribution is 2.08. The summed E-state index contributed by atoms with van der Waals surface area (Å²) < 4.78 is 12.9. The van der Waals surface area contributed by atoms with Crippen molar-refractivity contribution < 1.29 is 9.18 Å². The van der Waals surface area contributed by atoms with Crippen molar-refractivity contribution in [3.8, 4) is 0 Å². The van der Waals surface area contributed by atoms with Gasteiger partial charge in [0.15, 0.2) is 5.96 Å². The molecule has 1 aromatic rings. The number of anilines is 1. The van der Waals surface area contributed by atoms with Crippen molar-refractivity contribution >= 4 is 41.5 Å². The van der Waals surface area contributed by atoms with Crippen LogP contribution >= 0.6 is 24.0 Å². The van der Waals surface area contributed by atoms with E-state index in [0.29, 0.717) is 11.6 Å². The molecule has 7 heteroatoms. The number of hydrogen-bond acceptors (Lipinski definition) is 4.